The van der Waals surface area contributed by atoms with Crippen molar-refractivity contribution in [3.05, 3.63) is 87.6 Å². The third-order valence-electron chi connectivity index (χ3n) is 5.31. The van der Waals surface area contributed by atoms with Crippen molar-refractivity contribution < 1.29 is 17.6 Å². The van der Waals surface area contributed by atoms with Crippen LogP contribution in [0, 0.1) is 0 Å². The van der Waals surface area contributed by atoms with Crippen molar-refractivity contribution in [1.29, 1.82) is 0 Å². The number of rotatable bonds is 7. The van der Waals surface area contributed by atoms with Gasteiger partial charge in [0, 0.05) is 19.0 Å². The first kappa shape index (κ1) is 26.2. The van der Waals surface area contributed by atoms with Crippen LogP contribution in [0.5, 0.6) is 0 Å². The van der Waals surface area contributed by atoms with Crippen LogP contribution >= 0.6 is 34.8 Å². The number of halogens is 4. The highest BCUT2D eigenvalue weighted by atomic mass is 35.5. The molecule has 36 heavy (non-hydrogen) atoms. The molecule has 186 valence electrons. The monoisotopic (exact) mass is 565 g/mol. The molecule has 0 radical (unpaired) electrons. The van der Waals surface area contributed by atoms with Crippen molar-refractivity contribution in [1.82, 2.24) is 14.9 Å². The zero-order valence-corrected chi connectivity index (χ0v) is 21.9. The average molecular weight is 567 g/mol. The van der Waals surface area contributed by atoms with Gasteiger partial charge < -0.3 is 5.32 Å². The van der Waals surface area contributed by atoms with Crippen molar-refractivity contribution in [3.8, 4) is 28.2 Å². The molecule has 0 spiro atoms. The van der Waals surface area contributed by atoms with Gasteiger partial charge in [-0.2, -0.15) is 0 Å². The Morgan fingerprint density at radius 1 is 0.972 bits per heavy atom. The Morgan fingerprint density at radius 3 is 2.28 bits per heavy atom. The zero-order chi connectivity index (χ0) is 26.0. The summed E-state index contributed by atoms with van der Waals surface area (Å²) in [4.78, 5) is 17.2. The molecule has 3 aromatic carbocycles. The van der Waals surface area contributed by atoms with Gasteiger partial charge in [-0.05, 0) is 47.5 Å². The molecule has 0 aliphatic heterocycles. The number of sulfone groups is 1. The summed E-state index contributed by atoms with van der Waals surface area (Å²) in [5.74, 6) is -0.300. The Balaban J connectivity index is 1.85. The van der Waals surface area contributed by atoms with E-state index in [1.54, 1.807) is 59.2 Å². The topological polar surface area (TPSA) is 81.1 Å². The molecule has 1 aromatic heterocycles. The smallest absolute Gasteiger partial charge is 0.271 e. The molecular weight excluding hydrogens is 548 g/mol. The first-order valence-corrected chi connectivity index (χ1v) is 13.6. The molecule has 0 bridgehead atoms. The molecule has 1 N–H and O–H groups in total. The fourth-order valence-electron chi connectivity index (χ4n) is 3.60. The Hall–Kier alpha value is -2.91. The van der Waals surface area contributed by atoms with E-state index in [4.69, 9.17) is 34.8 Å². The maximum Gasteiger partial charge on any atom is 0.271 e. The number of alkyl halides is 1. The third kappa shape index (κ3) is 5.42. The number of benzene rings is 3. The number of hydrogen-bond donors (Lipinski definition) is 1. The van der Waals surface area contributed by atoms with Crippen molar-refractivity contribution in [3.63, 3.8) is 0 Å². The van der Waals surface area contributed by atoms with Crippen LogP contribution in [0.1, 0.15) is 10.5 Å². The average Bonchev–Trinajstić information content (AvgIpc) is 3.26. The van der Waals surface area contributed by atoms with E-state index in [2.05, 4.69) is 10.3 Å². The van der Waals surface area contributed by atoms with Gasteiger partial charge in [-0.15, -0.1) is 0 Å². The number of nitrogens with one attached hydrogen (secondary N) is 1. The second-order valence-electron chi connectivity index (χ2n) is 7.83. The highest BCUT2D eigenvalue weighted by molar-refractivity contribution is 7.90. The summed E-state index contributed by atoms with van der Waals surface area (Å²) in [7, 11) is -3.38. The normalized spacial score (nSPS) is 11.5. The van der Waals surface area contributed by atoms with Crippen LogP contribution in [0.4, 0.5) is 4.39 Å². The van der Waals surface area contributed by atoms with Crippen LogP contribution in [-0.4, -0.2) is 43.4 Å². The van der Waals surface area contributed by atoms with Crippen LogP contribution in [0.2, 0.25) is 15.1 Å². The molecule has 0 aliphatic rings. The second kappa shape index (κ2) is 10.6. The molecule has 0 aliphatic carbocycles. The van der Waals surface area contributed by atoms with Gasteiger partial charge in [-0.1, -0.05) is 59.1 Å². The van der Waals surface area contributed by atoms with Gasteiger partial charge in [0.1, 0.15) is 18.2 Å². The maximum absolute atomic E-state index is 12.6. The highest BCUT2D eigenvalue weighted by Crippen LogP contribution is 2.37. The first-order chi connectivity index (χ1) is 17.1. The molecule has 4 rings (SSSR count). The van der Waals surface area contributed by atoms with E-state index in [0.717, 1.165) is 6.26 Å². The van der Waals surface area contributed by atoms with Gasteiger partial charge in [-0.25, -0.2) is 17.8 Å². The summed E-state index contributed by atoms with van der Waals surface area (Å²) in [6, 6.07) is 16.7. The van der Waals surface area contributed by atoms with Crippen LogP contribution in [0.25, 0.3) is 28.2 Å². The van der Waals surface area contributed by atoms with Gasteiger partial charge in [-0.3, -0.25) is 9.36 Å². The summed E-state index contributed by atoms with van der Waals surface area (Å²) >= 11 is 19.5. The van der Waals surface area contributed by atoms with E-state index in [9.17, 15) is 17.6 Å². The van der Waals surface area contributed by atoms with E-state index < -0.39 is 22.4 Å². The number of carbonyl (C=O) groups is 1. The molecule has 0 fully saturated rings. The summed E-state index contributed by atoms with van der Waals surface area (Å²) in [5, 5.41) is 3.38. The molecule has 1 heterocycles. The van der Waals surface area contributed by atoms with Gasteiger partial charge in [0.05, 0.1) is 31.2 Å². The minimum Gasteiger partial charge on any atom is -0.348 e. The van der Waals surface area contributed by atoms with Gasteiger partial charge in [0.15, 0.2) is 9.84 Å². The minimum atomic E-state index is -3.38. The van der Waals surface area contributed by atoms with Crippen molar-refractivity contribution in [2.75, 3.05) is 19.5 Å². The summed E-state index contributed by atoms with van der Waals surface area (Å²) in [6.45, 7) is -0.876. The van der Waals surface area contributed by atoms with E-state index in [1.165, 1.54) is 12.3 Å². The van der Waals surface area contributed by atoms with E-state index >= 15 is 0 Å². The molecule has 11 heteroatoms. The number of carbonyl (C=O) groups excluding carboxylic acids is 1. The molecule has 0 saturated carbocycles. The Morgan fingerprint density at radius 2 is 1.64 bits per heavy atom. The predicted molar refractivity (Wildman–Crippen MR) is 141 cm³/mol. The quantitative estimate of drug-likeness (QED) is 0.286. The summed E-state index contributed by atoms with van der Waals surface area (Å²) in [6.07, 6.45) is 2.61. The molecule has 0 saturated heterocycles. The van der Waals surface area contributed by atoms with Crippen molar-refractivity contribution >= 4 is 50.5 Å². The van der Waals surface area contributed by atoms with Gasteiger partial charge in [0.2, 0.25) is 0 Å². The lowest BCUT2D eigenvalue weighted by molar-refractivity contribution is 0.0946. The van der Waals surface area contributed by atoms with E-state index in [1.807, 2.05) is 0 Å². The van der Waals surface area contributed by atoms with Crippen molar-refractivity contribution in [2.45, 2.75) is 4.90 Å². The van der Waals surface area contributed by atoms with Crippen LogP contribution in [-0.2, 0) is 9.84 Å². The SMILES string of the molecule is CS(=O)(=O)c1cccc(-c2ccc(-n3cc(C(=O)NCCF)nc3-c3c(Cl)cccc3Cl)c(Cl)c2)c1. The Kier molecular flexibility index (Phi) is 7.70. The van der Waals surface area contributed by atoms with Gasteiger partial charge in [0.25, 0.3) is 5.91 Å². The summed E-state index contributed by atoms with van der Waals surface area (Å²) in [5.41, 5.74) is 2.25. The lowest BCUT2D eigenvalue weighted by Gasteiger charge is -2.13. The maximum atomic E-state index is 12.6. The van der Waals surface area contributed by atoms with Gasteiger partial charge >= 0.3 is 0 Å². The molecular formula is C25H19Cl3FN3O3S. The molecule has 4 aromatic rings. The molecule has 0 atom stereocenters. The number of hydrogen-bond acceptors (Lipinski definition) is 4. The lowest BCUT2D eigenvalue weighted by Crippen LogP contribution is -2.25. The lowest BCUT2D eigenvalue weighted by atomic mass is 10.1. The number of nitrogens with zero attached hydrogens (tertiary/aromatic N) is 2. The Labute approximate surface area is 222 Å². The molecule has 0 unspecified atom stereocenters. The fraction of sp³-hybridized carbons (Fsp3) is 0.120. The molecule has 1 amide bonds. The van der Waals surface area contributed by atoms with Crippen molar-refractivity contribution in [2.24, 2.45) is 0 Å². The van der Waals surface area contributed by atoms with E-state index in [-0.39, 0.29) is 23.0 Å². The highest BCUT2D eigenvalue weighted by Gasteiger charge is 2.22. The summed E-state index contributed by atoms with van der Waals surface area (Å²) < 4.78 is 38.1. The standard InChI is InChI=1S/C25H19Cl3FN3O3S/c1-36(34,35)17-5-2-4-15(12-17)16-8-9-22(20(28)13-16)32-14-21(25(33)30-11-10-29)31-24(32)23-18(26)6-3-7-19(23)27/h2-9,12-14H,10-11H2,1H3,(H,30,33). The van der Waals surface area contributed by atoms with Crippen LogP contribution in [0.15, 0.2) is 71.8 Å². The van der Waals surface area contributed by atoms with Crippen LogP contribution < -0.4 is 5.32 Å². The Bertz CT molecular complexity index is 1550. The minimum absolute atomic E-state index is 0.0235. The number of amides is 1. The van der Waals surface area contributed by atoms with E-state index in [0.29, 0.717) is 37.4 Å². The van der Waals surface area contributed by atoms with Crippen LogP contribution in [0.3, 0.4) is 0 Å². The number of imidazole rings is 1. The largest absolute Gasteiger partial charge is 0.348 e. The number of aromatic nitrogens is 2. The zero-order valence-electron chi connectivity index (χ0n) is 18.8. The third-order valence-corrected chi connectivity index (χ3v) is 7.35. The fourth-order valence-corrected chi connectivity index (χ4v) is 5.11. The first-order valence-electron chi connectivity index (χ1n) is 10.6. The molecule has 6 nitrogen and oxygen atoms in total. The predicted octanol–water partition coefficient (Wildman–Crippen LogP) is 6.27. The second-order valence-corrected chi connectivity index (χ2v) is 11.1.